The van der Waals surface area contributed by atoms with Crippen molar-refractivity contribution in [1.29, 1.82) is 0 Å². The van der Waals surface area contributed by atoms with E-state index in [4.69, 9.17) is 0 Å². The van der Waals surface area contributed by atoms with Crippen molar-refractivity contribution in [1.82, 2.24) is 4.98 Å². The standard InChI is InChI=1S/C9H12IN3/c10-12-8-4-3-5-9(11-8)13-6-1-2-7-13/h3-5H,1-2,6-7H2,(H,11,12). The van der Waals surface area contributed by atoms with Gasteiger partial charge in [-0.3, -0.25) is 0 Å². The summed E-state index contributed by atoms with van der Waals surface area (Å²) in [6.07, 6.45) is 2.59. The van der Waals surface area contributed by atoms with Crippen LogP contribution < -0.4 is 8.43 Å². The van der Waals surface area contributed by atoms with E-state index in [0.717, 1.165) is 24.7 Å². The molecule has 0 saturated carbocycles. The Balaban J connectivity index is 2.18. The van der Waals surface area contributed by atoms with Gasteiger partial charge in [0.2, 0.25) is 0 Å². The lowest BCUT2D eigenvalue weighted by Crippen LogP contribution is -2.18. The lowest BCUT2D eigenvalue weighted by Gasteiger charge is -2.16. The Hall–Kier alpha value is -0.520. The van der Waals surface area contributed by atoms with Crippen LogP contribution in [-0.4, -0.2) is 18.1 Å². The summed E-state index contributed by atoms with van der Waals surface area (Å²) >= 11 is 2.10. The van der Waals surface area contributed by atoms with E-state index in [-0.39, 0.29) is 0 Å². The number of pyridine rings is 1. The molecule has 1 aliphatic rings. The maximum atomic E-state index is 4.48. The van der Waals surface area contributed by atoms with Crippen LogP contribution in [0.25, 0.3) is 0 Å². The summed E-state index contributed by atoms with van der Waals surface area (Å²) in [4.78, 5) is 6.81. The molecule has 2 heterocycles. The molecule has 1 fully saturated rings. The second-order valence-corrected chi connectivity index (χ2v) is 3.71. The Bertz CT molecular complexity index is 284. The molecule has 4 heteroatoms. The number of hydrogen-bond acceptors (Lipinski definition) is 3. The highest BCUT2D eigenvalue weighted by atomic mass is 127. The second-order valence-electron chi connectivity index (χ2n) is 3.17. The Kier molecular flexibility index (Phi) is 2.87. The molecule has 1 aromatic heterocycles. The van der Waals surface area contributed by atoms with Gasteiger partial charge in [0.15, 0.2) is 0 Å². The molecule has 1 aromatic rings. The van der Waals surface area contributed by atoms with E-state index in [2.05, 4.69) is 42.3 Å². The van der Waals surface area contributed by atoms with Gasteiger partial charge in [0.05, 0.1) is 22.9 Å². The Labute approximate surface area is 92.0 Å². The first-order valence-corrected chi connectivity index (χ1v) is 5.57. The van der Waals surface area contributed by atoms with Gasteiger partial charge in [-0.15, -0.1) is 0 Å². The van der Waals surface area contributed by atoms with Crippen molar-refractivity contribution in [3.63, 3.8) is 0 Å². The third kappa shape index (κ3) is 2.04. The summed E-state index contributed by atoms with van der Waals surface area (Å²) in [6.45, 7) is 2.30. The predicted octanol–water partition coefficient (Wildman–Crippen LogP) is 2.44. The number of hydrogen-bond donors (Lipinski definition) is 1. The van der Waals surface area contributed by atoms with Crippen molar-refractivity contribution in [2.75, 3.05) is 21.5 Å². The van der Waals surface area contributed by atoms with Crippen LogP contribution >= 0.6 is 22.9 Å². The summed E-state index contributed by atoms with van der Waals surface area (Å²) in [7, 11) is 0. The van der Waals surface area contributed by atoms with Crippen LogP contribution in [0.3, 0.4) is 0 Å². The average molecular weight is 289 g/mol. The molecule has 0 aromatic carbocycles. The SMILES string of the molecule is INc1cccc(N2CCCC2)n1. The Morgan fingerprint density at radius 2 is 2.08 bits per heavy atom. The molecular weight excluding hydrogens is 277 g/mol. The first-order chi connectivity index (χ1) is 6.40. The number of anilines is 2. The molecule has 0 atom stereocenters. The van der Waals surface area contributed by atoms with E-state index in [1.54, 1.807) is 0 Å². The van der Waals surface area contributed by atoms with Crippen LogP contribution in [-0.2, 0) is 0 Å². The highest BCUT2D eigenvalue weighted by Gasteiger charge is 2.13. The molecule has 1 saturated heterocycles. The minimum atomic E-state index is 0.935. The molecule has 70 valence electrons. The molecule has 3 nitrogen and oxygen atoms in total. The lowest BCUT2D eigenvalue weighted by atomic mass is 10.4. The van der Waals surface area contributed by atoms with Crippen molar-refractivity contribution in [2.24, 2.45) is 0 Å². The summed E-state index contributed by atoms with van der Waals surface area (Å²) in [5, 5.41) is 0. The van der Waals surface area contributed by atoms with Crippen LogP contribution in [0, 0.1) is 0 Å². The quantitative estimate of drug-likeness (QED) is 0.669. The summed E-state index contributed by atoms with van der Waals surface area (Å²) in [6, 6.07) is 6.09. The van der Waals surface area contributed by atoms with Gasteiger partial charge in [0.1, 0.15) is 11.6 Å². The first kappa shape index (κ1) is 9.05. The van der Waals surface area contributed by atoms with Crippen LogP contribution in [0.5, 0.6) is 0 Å². The number of nitrogens with zero attached hydrogens (tertiary/aromatic N) is 2. The van der Waals surface area contributed by atoms with Gasteiger partial charge in [0, 0.05) is 13.1 Å². The minimum absolute atomic E-state index is 0.935. The fourth-order valence-corrected chi connectivity index (χ4v) is 1.90. The van der Waals surface area contributed by atoms with Crippen molar-refractivity contribution >= 4 is 34.5 Å². The topological polar surface area (TPSA) is 28.2 Å². The van der Waals surface area contributed by atoms with Gasteiger partial charge in [-0.25, -0.2) is 4.98 Å². The van der Waals surface area contributed by atoms with Gasteiger partial charge in [-0.05, 0) is 25.0 Å². The molecule has 0 aliphatic carbocycles. The van der Waals surface area contributed by atoms with Crippen molar-refractivity contribution in [3.05, 3.63) is 18.2 Å². The highest BCUT2D eigenvalue weighted by molar-refractivity contribution is 14.1. The predicted molar refractivity (Wildman–Crippen MR) is 63.3 cm³/mol. The monoisotopic (exact) mass is 289 g/mol. The van der Waals surface area contributed by atoms with Crippen molar-refractivity contribution in [3.8, 4) is 0 Å². The van der Waals surface area contributed by atoms with Crippen LogP contribution in [0.4, 0.5) is 11.6 Å². The maximum absolute atomic E-state index is 4.48. The largest absolute Gasteiger partial charge is 0.357 e. The molecule has 1 aliphatic heterocycles. The van der Waals surface area contributed by atoms with E-state index in [1.165, 1.54) is 12.8 Å². The van der Waals surface area contributed by atoms with E-state index in [0.29, 0.717) is 0 Å². The summed E-state index contributed by atoms with van der Waals surface area (Å²) in [5.74, 6) is 2.03. The molecule has 0 unspecified atom stereocenters. The molecule has 0 amide bonds. The molecular formula is C9H12IN3. The fourth-order valence-electron chi connectivity index (χ4n) is 1.60. The molecule has 1 N–H and O–H groups in total. The number of aromatic nitrogens is 1. The number of halogens is 1. The molecule has 0 radical (unpaired) electrons. The molecule has 2 rings (SSSR count). The fraction of sp³-hybridized carbons (Fsp3) is 0.444. The minimum Gasteiger partial charge on any atom is -0.357 e. The molecule has 13 heavy (non-hydrogen) atoms. The smallest absolute Gasteiger partial charge is 0.137 e. The lowest BCUT2D eigenvalue weighted by molar-refractivity contribution is 0.940. The van der Waals surface area contributed by atoms with Crippen LogP contribution in [0.15, 0.2) is 18.2 Å². The third-order valence-electron chi connectivity index (χ3n) is 2.26. The normalized spacial score (nSPS) is 16.2. The zero-order valence-electron chi connectivity index (χ0n) is 7.33. The maximum Gasteiger partial charge on any atom is 0.137 e. The van der Waals surface area contributed by atoms with E-state index in [1.807, 2.05) is 12.1 Å². The van der Waals surface area contributed by atoms with E-state index < -0.39 is 0 Å². The van der Waals surface area contributed by atoms with E-state index in [9.17, 15) is 0 Å². The van der Waals surface area contributed by atoms with Crippen LogP contribution in [0.2, 0.25) is 0 Å². The van der Waals surface area contributed by atoms with Gasteiger partial charge >= 0.3 is 0 Å². The van der Waals surface area contributed by atoms with Gasteiger partial charge in [0.25, 0.3) is 0 Å². The Morgan fingerprint density at radius 3 is 2.77 bits per heavy atom. The third-order valence-corrected chi connectivity index (χ3v) is 2.81. The second kappa shape index (κ2) is 4.13. The zero-order chi connectivity index (χ0) is 9.10. The summed E-state index contributed by atoms with van der Waals surface area (Å²) in [5.41, 5.74) is 0. The van der Waals surface area contributed by atoms with Crippen molar-refractivity contribution < 1.29 is 0 Å². The van der Waals surface area contributed by atoms with Crippen LogP contribution in [0.1, 0.15) is 12.8 Å². The average Bonchev–Trinajstić information content (AvgIpc) is 2.71. The Morgan fingerprint density at radius 1 is 1.31 bits per heavy atom. The first-order valence-electron chi connectivity index (χ1n) is 4.49. The number of rotatable bonds is 2. The molecule has 0 bridgehead atoms. The summed E-state index contributed by atoms with van der Waals surface area (Å²) < 4.78 is 3.02. The van der Waals surface area contributed by atoms with E-state index >= 15 is 0 Å². The molecule has 0 spiro atoms. The highest BCUT2D eigenvalue weighted by Crippen LogP contribution is 2.19. The number of nitrogens with one attached hydrogen (secondary N) is 1. The van der Waals surface area contributed by atoms with Gasteiger partial charge in [-0.2, -0.15) is 0 Å². The van der Waals surface area contributed by atoms with Crippen molar-refractivity contribution in [2.45, 2.75) is 12.8 Å². The zero-order valence-corrected chi connectivity index (χ0v) is 9.49. The van der Waals surface area contributed by atoms with Gasteiger partial charge < -0.3 is 8.43 Å². The van der Waals surface area contributed by atoms with Gasteiger partial charge in [-0.1, -0.05) is 6.07 Å².